The maximum atomic E-state index is 12.0. The molecule has 2 aromatic carbocycles. The molecule has 3 aromatic rings. The van der Waals surface area contributed by atoms with Crippen molar-refractivity contribution < 1.29 is 9.72 Å². The van der Waals surface area contributed by atoms with Crippen molar-refractivity contribution in [1.82, 2.24) is 10.3 Å². The molecule has 0 saturated heterocycles. The number of carbonyl (C=O) groups is 1. The monoisotopic (exact) mass is 362 g/mol. The first-order chi connectivity index (χ1) is 13.1. The maximum Gasteiger partial charge on any atom is 0.295 e. The zero-order valence-corrected chi connectivity index (χ0v) is 14.5. The van der Waals surface area contributed by atoms with Gasteiger partial charge in [-0.2, -0.15) is 0 Å². The lowest BCUT2D eigenvalue weighted by atomic mass is 10.1. The van der Waals surface area contributed by atoms with E-state index in [4.69, 9.17) is 0 Å². The van der Waals surface area contributed by atoms with Crippen LogP contribution in [0.15, 0.2) is 72.8 Å². The number of carbonyl (C=O) groups excluding carboxylic acids is 1. The van der Waals surface area contributed by atoms with Gasteiger partial charge in [-0.1, -0.05) is 48.5 Å². The van der Waals surface area contributed by atoms with Crippen LogP contribution in [0.2, 0.25) is 0 Å². The number of aromatic nitrogens is 1. The van der Waals surface area contributed by atoms with Gasteiger partial charge < -0.3 is 10.6 Å². The Morgan fingerprint density at radius 2 is 1.59 bits per heavy atom. The number of nitrogens with one attached hydrogen (secondary N) is 2. The second kappa shape index (κ2) is 8.57. The van der Waals surface area contributed by atoms with Crippen molar-refractivity contribution in [2.75, 3.05) is 18.4 Å². The highest BCUT2D eigenvalue weighted by Gasteiger charge is 2.17. The molecule has 7 nitrogen and oxygen atoms in total. The molecular formula is C20H18N4O3. The standard InChI is InChI=1S/C20H18N4O3/c25-20(16-9-5-2-6-10-16)22-14-13-21-18-12-11-17(24(26)27)19(23-18)15-7-3-1-4-8-15/h1-12H,13-14H2,(H,21,23)(H,22,25). The Hall–Kier alpha value is -3.74. The molecule has 136 valence electrons. The molecule has 0 aliphatic carbocycles. The van der Waals surface area contributed by atoms with Gasteiger partial charge in [0.2, 0.25) is 0 Å². The van der Waals surface area contributed by atoms with Crippen molar-refractivity contribution in [1.29, 1.82) is 0 Å². The van der Waals surface area contributed by atoms with Crippen molar-refractivity contribution >= 4 is 17.4 Å². The fourth-order valence-electron chi connectivity index (χ4n) is 2.56. The predicted molar refractivity (Wildman–Crippen MR) is 104 cm³/mol. The second-order valence-corrected chi connectivity index (χ2v) is 5.74. The van der Waals surface area contributed by atoms with Crippen molar-refractivity contribution in [2.45, 2.75) is 0 Å². The van der Waals surface area contributed by atoms with Gasteiger partial charge >= 0.3 is 0 Å². The van der Waals surface area contributed by atoms with Crippen LogP contribution in [0.5, 0.6) is 0 Å². The molecular weight excluding hydrogens is 344 g/mol. The smallest absolute Gasteiger partial charge is 0.295 e. The SMILES string of the molecule is O=C(NCCNc1ccc([N+](=O)[O-])c(-c2ccccc2)n1)c1ccccc1. The molecule has 0 unspecified atom stereocenters. The van der Waals surface area contributed by atoms with Gasteiger partial charge in [-0.05, 0) is 18.2 Å². The van der Waals surface area contributed by atoms with Crippen molar-refractivity contribution in [3.63, 3.8) is 0 Å². The summed E-state index contributed by atoms with van der Waals surface area (Å²) >= 11 is 0. The molecule has 0 aliphatic rings. The number of rotatable bonds is 7. The number of amides is 1. The summed E-state index contributed by atoms with van der Waals surface area (Å²) in [5, 5.41) is 17.2. The number of anilines is 1. The molecule has 7 heteroatoms. The zero-order chi connectivity index (χ0) is 19.1. The van der Waals surface area contributed by atoms with E-state index in [1.54, 1.807) is 54.6 Å². The first-order valence-corrected chi connectivity index (χ1v) is 8.43. The molecule has 2 N–H and O–H groups in total. The molecule has 0 fully saturated rings. The molecule has 0 bridgehead atoms. The molecule has 3 rings (SSSR count). The molecule has 0 spiro atoms. The third-order valence-corrected chi connectivity index (χ3v) is 3.87. The number of pyridine rings is 1. The van der Waals surface area contributed by atoms with Crippen LogP contribution in [0.1, 0.15) is 10.4 Å². The fraction of sp³-hybridized carbons (Fsp3) is 0.100. The van der Waals surface area contributed by atoms with Crippen molar-refractivity contribution in [3.8, 4) is 11.3 Å². The number of nitro groups is 1. The van der Waals surface area contributed by atoms with Crippen LogP contribution in [-0.2, 0) is 0 Å². The average molecular weight is 362 g/mol. The Morgan fingerprint density at radius 3 is 2.26 bits per heavy atom. The molecule has 0 atom stereocenters. The minimum absolute atomic E-state index is 0.0517. The largest absolute Gasteiger partial charge is 0.368 e. The first kappa shape index (κ1) is 18.1. The first-order valence-electron chi connectivity index (χ1n) is 8.43. The average Bonchev–Trinajstić information content (AvgIpc) is 2.72. The minimum atomic E-state index is -0.445. The number of benzene rings is 2. The van der Waals surface area contributed by atoms with Gasteiger partial charge in [-0.3, -0.25) is 14.9 Å². The van der Waals surface area contributed by atoms with Gasteiger partial charge in [0.1, 0.15) is 5.82 Å². The molecule has 1 amide bonds. The van der Waals surface area contributed by atoms with Gasteiger partial charge in [0.25, 0.3) is 11.6 Å². The van der Waals surface area contributed by atoms with Gasteiger partial charge in [-0.15, -0.1) is 0 Å². The lowest BCUT2D eigenvalue weighted by Gasteiger charge is -2.09. The lowest BCUT2D eigenvalue weighted by Crippen LogP contribution is -2.28. The topological polar surface area (TPSA) is 97.2 Å². The van der Waals surface area contributed by atoms with E-state index in [9.17, 15) is 14.9 Å². The fourth-order valence-corrected chi connectivity index (χ4v) is 2.56. The number of nitrogens with zero attached hydrogens (tertiary/aromatic N) is 2. The lowest BCUT2D eigenvalue weighted by molar-refractivity contribution is -0.384. The van der Waals surface area contributed by atoms with Gasteiger partial charge in [0.05, 0.1) is 4.92 Å². The minimum Gasteiger partial charge on any atom is -0.368 e. The third kappa shape index (κ3) is 4.66. The van der Waals surface area contributed by atoms with E-state index in [0.717, 1.165) is 0 Å². The summed E-state index contributed by atoms with van der Waals surface area (Å²) in [5.74, 6) is 0.354. The van der Waals surface area contributed by atoms with Gasteiger partial charge in [0.15, 0.2) is 5.69 Å². The van der Waals surface area contributed by atoms with Crippen LogP contribution in [0.4, 0.5) is 11.5 Å². The summed E-state index contributed by atoms with van der Waals surface area (Å²) in [6, 6.07) is 20.9. The van der Waals surface area contributed by atoms with E-state index in [1.807, 2.05) is 12.1 Å². The van der Waals surface area contributed by atoms with E-state index < -0.39 is 4.92 Å². The van der Waals surface area contributed by atoms with Crippen molar-refractivity contribution in [2.24, 2.45) is 0 Å². The summed E-state index contributed by atoms with van der Waals surface area (Å²) in [5.41, 5.74) is 1.52. The summed E-state index contributed by atoms with van der Waals surface area (Å²) < 4.78 is 0. The molecule has 0 radical (unpaired) electrons. The second-order valence-electron chi connectivity index (χ2n) is 5.74. The summed E-state index contributed by atoms with van der Waals surface area (Å²) in [4.78, 5) is 27.2. The third-order valence-electron chi connectivity index (χ3n) is 3.87. The van der Waals surface area contributed by atoms with E-state index >= 15 is 0 Å². The summed E-state index contributed by atoms with van der Waals surface area (Å²) in [6.07, 6.45) is 0. The Balaban J connectivity index is 1.64. The van der Waals surface area contributed by atoms with E-state index in [0.29, 0.717) is 35.7 Å². The molecule has 0 aliphatic heterocycles. The zero-order valence-electron chi connectivity index (χ0n) is 14.5. The summed E-state index contributed by atoms with van der Waals surface area (Å²) in [7, 11) is 0. The molecule has 27 heavy (non-hydrogen) atoms. The highest BCUT2D eigenvalue weighted by molar-refractivity contribution is 5.94. The molecule has 1 heterocycles. The van der Waals surface area contributed by atoms with Crippen molar-refractivity contribution in [3.05, 3.63) is 88.5 Å². The van der Waals surface area contributed by atoms with Crippen LogP contribution < -0.4 is 10.6 Å². The van der Waals surface area contributed by atoms with E-state index in [1.165, 1.54) is 6.07 Å². The van der Waals surface area contributed by atoms with Crippen LogP contribution >= 0.6 is 0 Å². The Morgan fingerprint density at radius 1 is 0.926 bits per heavy atom. The van der Waals surface area contributed by atoms with Crippen LogP contribution in [0.3, 0.4) is 0 Å². The molecule has 1 aromatic heterocycles. The Kier molecular flexibility index (Phi) is 5.73. The Bertz CT molecular complexity index is 930. The highest BCUT2D eigenvalue weighted by Crippen LogP contribution is 2.29. The number of hydrogen-bond donors (Lipinski definition) is 2. The summed E-state index contributed by atoms with van der Waals surface area (Å²) in [6.45, 7) is 0.838. The van der Waals surface area contributed by atoms with E-state index in [2.05, 4.69) is 15.6 Å². The Labute approximate surface area is 156 Å². The molecule has 0 saturated carbocycles. The van der Waals surface area contributed by atoms with Crippen LogP contribution in [-0.4, -0.2) is 28.9 Å². The van der Waals surface area contributed by atoms with E-state index in [-0.39, 0.29) is 11.6 Å². The van der Waals surface area contributed by atoms with Gasteiger partial charge in [-0.25, -0.2) is 4.98 Å². The van der Waals surface area contributed by atoms with Crippen LogP contribution in [0.25, 0.3) is 11.3 Å². The highest BCUT2D eigenvalue weighted by atomic mass is 16.6. The predicted octanol–water partition coefficient (Wildman–Crippen LogP) is 3.50. The van der Waals surface area contributed by atoms with Crippen LogP contribution in [0, 0.1) is 10.1 Å². The maximum absolute atomic E-state index is 12.0. The normalized spacial score (nSPS) is 10.2. The quantitative estimate of drug-likeness (QED) is 0.381. The van der Waals surface area contributed by atoms with Gasteiger partial charge in [0, 0.05) is 30.3 Å². The number of hydrogen-bond acceptors (Lipinski definition) is 5.